The molecule has 0 saturated carbocycles. The number of fused-ring (bicyclic) bond motifs is 1. The molecule has 88 valence electrons. The lowest BCUT2D eigenvalue weighted by Gasteiger charge is -2.14. The lowest BCUT2D eigenvalue weighted by atomic mass is 10.0. The highest BCUT2D eigenvalue weighted by Crippen LogP contribution is 2.26. The molecule has 4 nitrogen and oxygen atoms in total. The zero-order valence-electron chi connectivity index (χ0n) is 9.36. The molecule has 0 fully saturated rings. The Morgan fingerprint density at radius 3 is 2.88 bits per heavy atom. The van der Waals surface area contributed by atoms with Crippen LogP contribution in [0.25, 0.3) is 5.82 Å². The number of pyridine rings is 1. The highest BCUT2D eigenvalue weighted by Gasteiger charge is 2.17. The molecule has 2 aromatic rings. The Morgan fingerprint density at radius 1 is 1.24 bits per heavy atom. The molecular formula is C12H13BrN4. The molecule has 0 aromatic carbocycles. The van der Waals surface area contributed by atoms with Crippen LogP contribution in [0.3, 0.4) is 0 Å². The number of aryl methyl sites for hydroxylation is 1. The lowest BCUT2D eigenvalue weighted by molar-refractivity contribution is 0.654. The first-order valence-corrected chi connectivity index (χ1v) is 6.51. The van der Waals surface area contributed by atoms with E-state index in [1.54, 1.807) is 6.20 Å². The van der Waals surface area contributed by atoms with Crippen LogP contribution in [-0.4, -0.2) is 14.5 Å². The molecule has 0 unspecified atom stereocenters. The third kappa shape index (κ3) is 1.84. The number of nitrogen functional groups attached to an aromatic ring is 1. The molecule has 0 aliphatic heterocycles. The van der Waals surface area contributed by atoms with Gasteiger partial charge in [0.1, 0.15) is 6.33 Å². The van der Waals surface area contributed by atoms with Crippen LogP contribution < -0.4 is 5.73 Å². The molecule has 3 rings (SSSR count). The Balaban J connectivity index is 2.12. The molecule has 0 radical (unpaired) electrons. The second kappa shape index (κ2) is 4.14. The first-order valence-electron chi connectivity index (χ1n) is 5.72. The number of halogens is 1. The Labute approximate surface area is 108 Å². The predicted octanol–water partition coefficient (Wildman–Crippen LogP) is 2.49. The van der Waals surface area contributed by atoms with Crippen molar-refractivity contribution >= 4 is 21.6 Å². The van der Waals surface area contributed by atoms with Crippen LogP contribution in [0.2, 0.25) is 0 Å². The summed E-state index contributed by atoms with van der Waals surface area (Å²) >= 11 is 3.51. The number of hydrogen-bond donors (Lipinski definition) is 1. The second-order valence-electron chi connectivity index (χ2n) is 4.29. The van der Waals surface area contributed by atoms with E-state index in [1.165, 1.54) is 24.2 Å². The van der Waals surface area contributed by atoms with Crippen molar-refractivity contribution in [1.82, 2.24) is 14.5 Å². The van der Waals surface area contributed by atoms with Gasteiger partial charge in [0, 0.05) is 5.69 Å². The maximum absolute atomic E-state index is 5.70. The summed E-state index contributed by atoms with van der Waals surface area (Å²) in [5.41, 5.74) is 8.86. The van der Waals surface area contributed by atoms with Gasteiger partial charge in [-0.1, -0.05) is 0 Å². The van der Waals surface area contributed by atoms with Gasteiger partial charge in [0.2, 0.25) is 0 Å². The summed E-state index contributed by atoms with van der Waals surface area (Å²) < 4.78 is 2.97. The summed E-state index contributed by atoms with van der Waals surface area (Å²) in [5, 5.41) is 0. The van der Waals surface area contributed by atoms with Crippen LogP contribution >= 0.6 is 15.9 Å². The van der Waals surface area contributed by atoms with Gasteiger partial charge in [0.25, 0.3) is 0 Å². The molecular weight excluding hydrogens is 280 g/mol. The minimum atomic E-state index is 0.662. The predicted molar refractivity (Wildman–Crippen MR) is 70.1 cm³/mol. The molecule has 1 aliphatic carbocycles. The Kier molecular flexibility index (Phi) is 2.63. The van der Waals surface area contributed by atoms with Crippen molar-refractivity contribution in [3.8, 4) is 5.82 Å². The van der Waals surface area contributed by atoms with Crippen molar-refractivity contribution in [3.63, 3.8) is 0 Å². The van der Waals surface area contributed by atoms with Gasteiger partial charge < -0.3 is 5.73 Å². The maximum atomic E-state index is 5.70. The van der Waals surface area contributed by atoms with Gasteiger partial charge in [-0.25, -0.2) is 9.97 Å². The zero-order chi connectivity index (χ0) is 11.8. The summed E-state index contributed by atoms with van der Waals surface area (Å²) in [5.74, 6) is 0.870. The molecule has 17 heavy (non-hydrogen) atoms. The minimum Gasteiger partial charge on any atom is -0.397 e. The molecule has 0 atom stereocenters. The van der Waals surface area contributed by atoms with Crippen LogP contribution in [0.1, 0.15) is 24.2 Å². The van der Waals surface area contributed by atoms with Crippen LogP contribution in [0.4, 0.5) is 5.69 Å². The van der Waals surface area contributed by atoms with E-state index in [4.69, 9.17) is 5.73 Å². The van der Waals surface area contributed by atoms with Crippen molar-refractivity contribution in [2.24, 2.45) is 0 Å². The number of imidazole rings is 1. The fourth-order valence-corrected chi connectivity index (χ4v) is 2.83. The maximum Gasteiger partial charge on any atom is 0.152 e. The number of anilines is 1. The van der Waals surface area contributed by atoms with Crippen LogP contribution in [0.5, 0.6) is 0 Å². The molecule has 0 spiro atoms. The fraction of sp³-hybridized carbons (Fsp3) is 0.333. The molecule has 0 amide bonds. The highest BCUT2D eigenvalue weighted by molar-refractivity contribution is 9.10. The van der Waals surface area contributed by atoms with E-state index in [9.17, 15) is 0 Å². The smallest absolute Gasteiger partial charge is 0.152 e. The van der Waals surface area contributed by atoms with Gasteiger partial charge >= 0.3 is 0 Å². The standard InChI is InChI=1S/C12H13BrN4/c13-9-5-8(14)6-15-12(9)17-7-16-10-3-1-2-4-11(10)17/h5-7H,1-4,14H2. The molecule has 0 bridgehead atoms. The van der Waals surface area contributed by atoms with E-state index in [0.29, 0.717) is 5.69 Å². The normalized spacial score (nSPS) is 14.6. The van der Waals surface area contributed by atoms with Gasteiger partial charge in [-0.15, -0.1) is 0 Å². The molecule has 2 heterocycles. The van der Waals surface area contributed by atoms with Crippen molar-refractivity contribution in [2.75, 3.05) is 5.73 Å². The van der Waals surface area contributed by atoms with E-state index in [-0.39, 0.29) is 0 Å². The van der Waals surface area contributed by atoms with Gasteiger partial charge in [0.15, 0.2) is 5.82 Å². The summed E-state index contributed by atoms with van der Waals surface area (Å²) in [6.45, 7) is 0. The van der Waals surface area contributed by atoms with Crippen LogP contribution in [0, 0.1) is 0 Å². The third-order valence-electron chi connectivity index (χ3n) is 3.10. The Hall–Kier alpha value is -1.36. The second-order valence-corrected chi connectivity index (χ2v) is 5.14. The average molecular weight is 293 g/mol. The first-order chi connectivity index (χ1) is 8.25. The molecule has 1 aliphatic rings. The number of nitrogens with zero attached hydrogens (tertiary/aromatic N) is 3. The van der Waals surface area contributed by atoms with Crippen molar-refractivity contribution in [2.45, 2.75) is 25.7 Å². The van der Waals surface area contributed by atoms with Crippen LogP contribution in [-0.2, 0) is 12.8 Å². The van der Waals surface area contributed by atoms with Gasteiger partial charge in [-0.2, -0.15) is 0 Å². The number of aromatic nitrogens is 3. The largest absolute Gasteiger partial charge is 0.397 e. The van der Waals surface area contributed by atoms with E-state index < -0.39 is 0 Å². The number of hydrogen-bond acceptors (Lipinski definition) is 3. The third-order valence-corrected chi connectivity index (χ3v) is 3.68. The lowest BCUT2D eigenvalue weighted by Crippen LogP contribution is -2.08. The quantitative estimate of drug-likeness (QED) is 0.879. The summed E-state index contributed by atoms with van der Waals surface area (Å²) in [4.78, 5) is 8.85. The first kappa shape index (κ1) is 10.8. The van der Waals surface area contributed by atoms with Crippen LogP contribution in [0.15, 0.2) is 23.1 Å². The van der Waals surface area contributed by atoms with E-state index in [2.05, 4.69) is 30.5 Å². The summed E-state index contributed by atoms with van der Waals surface area (Å²) in [6, 6.07) is 1.87. The van der Waals surface area contributed by atoms with E-state index >= 15 is 0 Å². The van der Waals surface area contributed by atoms with Gasteiger partial charge in [0.05, 0.1) is 22.1 Å². The fourth-order valence-electron chi connectivity index (χ4n) is 2.27. The topological polar surface area (TPSA) is 56.7 Å². The molecule has 5 heteroatoms. The summed E-state index contributed by atoms with van der Waals surface area (Å²) in [6.07, 6.45) is 8.16. The van der Waals surface area contributed by atoms with E-state index in [1.807, 2.05) is 12.4 Å². The average Bonchev–Trinajstić information content (AvgIpc) is 2.73. The van der Waals surface area contributed by atoms with Gasteiger partial charge in [-0.3, -0.25) is 4.57 Å². The van der Waals surface area contributed by atoms with E-state index in [0.717, 1.165) is 23.1 Å². The molecule has 0 saturated heterocycles. The monoisotopic (exact) mass is 292 g/mol. The van der Waals surface area contributed by atoms with Crippen molar-refractivity contribution in [3.05, 3.63) is 34.5 Å². The summed E-state index contributed by atoms with van der Waals surface area (Å²) in [7, 11) is 0. The molecule has 2 aromatic heterocycles. The SMILES string of the molecule is Nc1cnc(-n2cnc3c2CCCC3)c(Br)c1. The Bertz CT molecular complexity index is 562. The molecule has 2 N–H and O–H groups in total. The highest BCUT2D eigenvalue weighted by atomic mass is 79.9. The Morgan fingerprint density at radius 2 is 2.06 bits per heavy atom. The number of nitrogens with two attached hydrogens (primary N) is 1. The minimum absolute atomic E-state index is 0.662. The van der Waals surface area contributed by atoms with Crippen molar-refractivity contribution < 1.29 is 0 Å². The number of rotatable bonds is 1. The zero-order valence-corrected chi connectivity index (χ0v) is 10.9. The van der Waals surface area contributed by atoms with Crippen molar-refractivity contribution in [1.29, 1.82) is 0 Å². The van der Waals surface area contributed by atoms with Gasteiger partial charge in [-0.05, 0) is 47.7 Å².